The normalized spacial score (nSPS) is 15.0. The Bertz CT molecular complexity index is 894. The molecule has 0 amide bonds. The van der Waals surface area contributed by atoms with Gasteiger partial charge in [0.15, 0.2) is 5.82 Å². The summed E-state index contributed by atoms with van der Waals surface area (Å²) in [5, 5.41) is 7.56. The van der Waals surface area contributed by atoms with Gasteiger partial charge in [-0.05, 0) is 44.0 Å². The number of hydrogen-bond acceptors (Lipinski definition) is 4. The molecule has 2 aromatic heterocycles. The van der Waals surface area contributed by atoms with Gasteiger partial charge in [0, 0.05) is 23.4 Å². The molecule has 3 aromatic rings. The first-order valence-corrected chi connectivity index (χ1v) is 7.59. The lowest BCUT2D eigenvalue weighted by atomic mass is 10.2. The highest BCUT2D eigenvalue weighted by molar-refractivity contribution is 5.59. The third-order valence-electron chi connectivity index (χ3n) is 3.88. The zero-order chi connectivity index (χ0) is 16.9. The fourth-order valence-corrected chi connectivity index (χ4v) is 2.50. The topological polar surface area (TPSA) is 55.1 Å². The standard InChI is InChI=1S/C16H14F3N5/c1-9-8-13(21-12-6-4-11(5-7-12)16(17,18)19)24-15(20-9)22-14(23-24)10-2-3-10/h4-8,10,21H,2-3H2,1H3. The van der Waals surface area contributed by atoms with Crippen LogP contribution in [0, 0.1) is 6.92 Å². The summed E-state index contributed by atoms with van der Waals surface area (Å²) in [5.41, 5.74) is 0.617. The van der Waals surface area contributed by atoms with Crippen molar-refractivity contribution in [3.63, 3.8) is 0 Å². The van der Waals surface area contributed by atoms with Crippen LogP contribution in [0.25, 0.3) is 5.78 Å². The first kappa shape index (κ1) is 14.9. The number of nitrogens with zero attached hydrogens (tertiary/aromatic N) is 4. The van der Waals surface area contributed by atoms with Crippen molar-refractivity contribution in [2.45, 2.75) is 31.9 Å². The summed E-state index contributed by atoms with van der Waals surface area (Å²) in [6.45, 7) is 1.84. The SMILES string of the molecule is Cc1cc(Nc2ccc(C(F)(F)F)cc2)n2nc(C3CC3)nc2n1. The zero-order valence-electron chi connectivity index (χ0n) is 12.8. The van der Waals surface area contributed by atoms with Gasteiger partial charge in [-0.3, -0.25) is 0 Å². The van der Waals surface area contributed by atoms with E-state index in [0.29, 0.717) is 23.2 Å². The van der Waals surface area contributed by atoms with E-state index in [1.165, 1.54) is 12.1 Å². The van der Waals surface area contributed by atoms with Crippen molar-refractivity contribution in [2.75, 3.05) is 5.32 Å². The van der Waals surface area contributed by atoms with Crippen LogP contribution in [0.1, 0.15) is 35.8 Å². The Morgan fingerprint density at radius 2 is 1.83 bits per heavy atom. The Morgan fingerprint density at radius 1 is 1.12 bits per heavy atom. The molecule has 1 aliphatic carbocycles. The number of aromatic nitrogens is 4. The minimum absolute atomic E-state index is 0.394. The number of rotatable bonds is 3. The number of benzene rings is 1. The van der Waals surface area contributed by atoms with E-state index in [4.69, 9.17) is 0 Å². The predicted octanol–water partition coefficient (Wildman–Crippen LogP) is 4.07. The van der Waals surface area contributed by atoms with Gasteiger partial charge in [-0.15, -0.1) is 5.10 Å². The van der Waals surface area contributed by atoms with Crippen molar-refractivity contribution in [3.8, 4) is 0 Å². The molecule has 5 nitrogen and oxygen atoms in total. The van der Waals surface area contributed by atoms with E-state index in [0.717, 1.165) is 36.5 Å². The Morgan fingerprint density at radius 3 is 2.46 bits per heavy atom. The van der Waals surface area contributed by atoms with Crippen molar-refractivity contribution in [1.29, 1.82) is 0 Å². The largest absolute Gasteiger partial charge is 0.416 e. The highest BCUT2D eigenvalue weighted by atomic mass is 19.4. The molecular weight excluding hydrogens is 319 g/mol. The van der Waals surface area contributed by atoms with Crippen LogP contribution in [-0.2, 0) is 6.18 Å². The van der Waals surface area contributed by atoms with Crippen LogP contribution in [0.4, 0.5) is 24.7 Å². The summed E-state index contributed by atoms with van der Waals surface area (Å²) in [4.78, 5) is 8.79. The van der Waals surface area contributed by atoms with Crippen molar-refractivity contribution in [3.05, 3.63) is 47.4 Å². The van der Waals surface area contributed by atoms with Crippen LogP contribution in [0.5, 0.6) is 0 Å². The van der Waals surface area contributed by atoms with Gasteiger partial charge >= 0.3 is 6.18 Å². The summed E-state index contributed by atoms with van der Waals surface area (Å²) in [6, 6.07) is 6.66. The van der Waals surface area contributed by atoms with Crippen LogP contribution in [-0.4, -0.2) is 19.6 Å². The predicted molar refractivity (Wildman–Crippen MR) is 82.2 cm³/mol. The summed E-state index contributed by atoms with van der Waals surface area (Å²) in [7, 11) is 0. The summed E-state index contributed by atoms with van der Waals surface area (Å²) >= 11 is 0. The average molecular weight is 333 g/mol. The molecule has 24 heavy (non-hydrogen) atoms. The van der Waals surface area contributed by atoms with E-state index in [1.54, 1.807) is 10.6 Å². The summed E-state index contributed by atoms with van der Waals surface area (Å²) in [5.74, 6) is 2.28. The van der Waals surface area contributed by atoms with Gasteiger partial charge in [0.25, 0.3) is 5.78 Å². The molecule has 0 saturated heterocycles. The third kappa shape index (κ3) is 2.79. The average Bonchev–Trinajstić information content (AvgIpc) is 3.27. The van der Waals surface area contributed by atoms with Gasteiger partial charge < -0.3 is 5.32 Å². The highest BCUT2D eigenvalue weighted by Crippen LogP contribution is 2.38. The Kier molecular flexibility index (Phi) is 3.22. The van der Waals surface area contributed by atoms with Crippen molar-refractivity contribution >= 4 is 17.3 Å². The van der Waals surface area contributed by atoms with Crippen molar-refractivity contribution < 1.29 is 13.2 Å². The maximum atomic E-state index is 12.6. The second-order valence-electron chi connectivity index (χ2n) is 5.94. The van der Waals surface area contributed by atoms with E-state index < -0.39 is 11.7 Å². The number of anilines is 2. The molecule has 0 bridgehead atoms. The number of fused-ring (bicyclic) bond motifs is 1. The third-order valence-corrected chi connectivity index (χ3v) is 3.88. The van der Waals surface area contributed by atoms with Gasteiger partial charge in [0.05, 0.1) is 5.56 Å². The fraction of sp³-hybridized carbons (Fsp3) is 0.312. The fourth-order valence-electron chi connectivity index (χ4n) is 2.50. The molecule has 0 radical (unpaired) electrons. The Balaban J connectivity index is 1.68. The number of hydrogen-bond donors (Lipinski definition) is 1. The lowest BCUT2D eigenvalue weighted by Gasteiger charge is -2.10. The quantitative estimate of drug-likeness (QED) is 0.785. The number of aryl methyl sites for hydroxylation is 1. The number of nitrogens with one attached hydrogen (secondary N) is 1. The van der Waals surface area contributed by atoms with E-state index in [9.17, 15) is 13.2 Å². The summed E-state index contributed by atoms with van der Waals surface area (Å²) in [6.07, 6.45) is -2.18. The zero-order valence-corrected chi connectivity index (χ0v) is 12.8. The molecule has 0 spiro atoms. The van der Waals surface area contributed by atoms with E-state index >= 15 is 0 Å². The van der Waals surface area contributed by atoms with Gasteiger partial charge in [-0.1, -0.05) is 0 Å². The van der Waals surface area contributed by atoms with Gasteiger partial charge in [0.2, 0.25) is 0 Å². The molecule has 1 saturated carbocycles. The molecule has 1 fully saturated rings. The first-order valence-electron chi connectivity index (χ1n) is 7.59. The lowest BCUT2D eigenvalue weighted by molar-refractivity contribution is -0.137. The first-order chi connectivity index (χ1) is 11.4. The highest BCUT2D eigenvalue weighted by Gasteiger charge is 2.30. The lowest BCUT2D eigenvalue weighted by Crippen LogP contribution is -2.05. The van der Waals surface area contributed by atoms with Crippen molar-refractivity contribution in [1.82, 2.24) is 19.6 Å². The Labute approximate surface area is 135 Å². The minimum atomic E-state index is -4.34. The molecule has 8 heteroatoms. The van der Waals surface area contributed by atoms with Crippen LogP contribution >= 0.6 is 0 Å². The van der Waals surface area contributed by atoms with Crippen LogP contribution in [0.2, 0.25) is 0 Å². The second kappa shape index (κ2) is 5.19. The van der Waals surface area contributed by atoms with Gasteiger partial charge in [-0.25, -0.2) is 4.98 Å². The molecule has 1 aliphatic rings. The smallest absolute Gasteiger partial charge is 0.340 e. The van der Waals surface area contributed by atoms with Crippen LogP contribution < -0.4 is 5.32 Å². The molecule has 0 unspecified atom stereocenters. The number of alkyl halides is 3. The molecule has 2 heterocycles. The molecule has 4 rings (SSSR count). The van der Waals surface area contributed by atoms with E-state index in [1.807, 2.05) is 6.92 Å². The maximum Gasteiger partial charge on any atom is 0.416 e. The molecule has 0 atom stereocenters. The maximum absolute atomic E-state index is 12.6. The minimum Gasteiger partial charge on any atom is -0.340 e. The monoisotopic (exact) mass is 333 g/mol. The molecule has 0 aliphatic heterocycles. The molecule has 1 aromatic carbocycles. The van der Waals surface area contributed by atoms with Crippen LogP contribution in [0.15, 0.2) is 30.3 Å². The second-order valence-corrected chi connectivity index (χ2v) is 5.94. The van der Waals surface area contributed by atoms with Crippen molar-refractivity contribution in [2.24, 2.45) is 0 Å². The molecular formula is C16H14F3N5. The van der Waals surface area contributed by atoms with Gasteiger partial charge in [-0.2, -0.15) is 22.7 Å². The molecule has 124 valence electrons. The van der Waals surface area contributed by atoms with Gasteiger partial charge in [0.1, 0.15) is 5.82 Å². The van der Waals surface area contributed by atoms with E-state index in [-0.39, 0.29) is 0 Å². The van der Waals surface area contributed by atoms with Crippen LogP contribution in [0.3, 0.4) is 0 Å². The molecule has 1 N–H and O–H groups in total. The Hall–Kier alpha value is -2.64. The van der Waals surface area contributed by atoms with E-state index in [2.05, 4.69) is 20.4 Å². The summed E-state index contributed by atoms with van der Waals surface area (Å²) < 4.78 is 39.5. The number of halogens is 3.